The zero-order chi connectivity index (χ0) is 19.4. The van der Waals surface area contributed by atoms with Crippen LogP contribution in [0.4, 0.5) is 11.8 Å². The number of hydrogen-bond donors (Lipinski definition) is 2. The van der Waals surface area contributed by atoms with Gasteiger partial charge in [0.25, 0.3) is 0 Å². The first-order chi connectivity index (χ1) is 13.0. The Morgan fingerprint density at radius 3 is 2.70 bits per heavy atom. The summed E-state index contributed by atoms with van der Waals surface area (Å²) in [5.74, 6) is 2.08. The Bertz CT molecular complexity index is 763. The van der Waals surface area contributed by atoms with Crippen molar-refractivity contribution < 1.29 is 9.84 Å². The quantitative estimate of drug-likeness (QED) is 0.800. The van der Waals surface area contributed by atoms with Crippen molar-refractivity contribution in [2.45, 2.75) is 32.9 Å². The van der Waals surface area contributed by atoms with Gasteiger partial charge >= 0.3 is 0 Å². The Morgan fingerprint density at radius 1 is 1.22 bits per heavy atom. The van der Waals surface area contributed by atoms with E-state index in [1.165, 1.54) is 5.56 Å². The van der Waals surface area contributed by atoms with E-state index < -0.39 is 0 Å². The van der Waals surface area contributed by atoms with E-state index in [9.17, 15) is 5.11 Å². The molecule has 1 atom stereocenters. The summed E-state index contributed by atoms with van der Waals surface area (Å²) in [6.45, 7) is 7.59. The monoisotopic (exact) mass is 371 g/mol. The minimum Gasteiger partial charge on any atom is -0.496 e. The summed E-state index contributed by atoms with van der Waals surface area (Å²) < 4.78 is 5.36. The second-order valence-electron chi connectivity index (χ2n) is 7.11. The third kappa shape index (κ3) is 4.67. The molecule has 0 bridgehead atoms. The van der Waals surface area contributed by atoms with Crippen molar-refractivity contribution in [1.82, 2.24) is 14.9 Å². The zero-order valence-electron chi connectivity index (χ0n) is 16.4. The third-order valence-electron chi connectivity index (χ3n) is 5.09. The molecular weight excluding hydrogens is 342 g/mol. The van der Waals surface area contributed by atoms with E-state index in [2.05, 4.69) is 38.8 Å². The average Bonchev–Trinajstić information content (AvgIpc) is 2.63. The van der Waals surface area contributed by atoms with Crippen molar-refractivity contribution in [3.63, 3.8) is 0 Å². The lowest BCUT2D eigenvalue weighted by atomic mass is 10.1. The number of aliphatic hydroxyl groups excluding tert-OH is 1. The van der Waals surface area contributed by atoms with Crippen molar-refractivity contribution in [1.29, 1.82) is 0 Å². The normalized spacial score (nSPS) is 17.9. The summed E-state index contributed by atoms with van der Waals surface area (Å²) in [5, 5.41) is 9.55. The number of hydrogen-bond acceptors (Lipinski definition) is 7. The summed E-state index contributed by atoms with van der Waals surface area (Å²) >= 11 is 0. The Morgan fingerprint density at radius 2 is 2.04 bits per heavy atom. The van der Waals surface area contributed by atoms with Crippen LogP contribution in [-0.4, -0.2) is 59.4 Å². The number of aryl methyl sites for hydroxylation is 2. The Hall–Kier alpha value is -2.38. The molecule has 1 saturated heterocycles. The van der Waals surface area contributed by atoms with Crippen LogP contribution in [0, 0.1) is 13.8 Å². The maximum Gasteiger partial charge on any atom is 0.222 e. The number of aromatic nitrogens is 2. The zero-order valence-corrected chi connectivity index (χ0v) is 16.4. The predicted molar refractivity (Wildman–Crippen MR) is 107 cm³/mol. The highest BCUT2D eigenvalue weighted by atomic mass is 16.5. The van der Waals surface area contributed by atoms with Crippen molar-refractivity contribution in [2.24, 2.45) is 0 Å². The fourth-order valence-corrected chi connectivity index (χ4v) is 3.74. The molecule has 0 amide bonds. The van der Waals surface area contributed by atoms with Crippen LogP contribution in [0.25, 0.3) is 0 Å². The standard InChI is InChI=1S/C20H29N5O2/c1-14-10-16(4-5-18(14)27-3)12-24-7-8-25(13-17(24)6-9-26)19-11-15(2)22-20(21)23-19/h4-5,10-11,17,26H,6-9,12-13H2,1-3H3,(H2,21,22,23)/t17-/m0/s1. The number of nitrogens with zero attached hydrogens (tertiary/aromatic N) is 4. The largest absolute Gasteiger partial charge is 0.496 e. The highest BCUT2D eigenvalue weighted by Gasteiger charge is 2.27. The van der Waals surface area contributed by atoms with Gasteiger partial charge in [0.05, 0.1) is 7.11 Å². The van der Waals surface area contributed by atoms with E-state index in [-0.39, 0.29) is 12.6 Å². The highest BCUT2D eigenvalue weighted by Crippen LogP contribution is 2.24. The molecule has 27 heavy (non-hydrogen) atoms. The molecule has 7 heteroatoms. The van der Waals surface area contributed by atoms with Gasteiger partial charge in [-0.2, -0.15) is 4.98 Å². The number of methoxy groups -OCH3 is 1. The Labute approximate surface area is 160 Å². The highest BCUT2D eigenvalue weighted by molar-refractivity contribution is 5.44. The number of nitrogens with two attached hydrogens (primary N) is 1. The molecule has 146 valence electrons. The Kier molecular flexibility index (Phi) is 6.13. The summed E-state index contributed by atoms with van der Waals surface area (Å²) in [7, 11) is 1.69. The first-order valence-corrected chi connectivity index (χ1v) is 9.34. The molecule has 1 aromatic heterocycles. The molecule has 2 aromatic rings. The van der Waals surface area contributed by atoms with E-state index >= 15 is 0 Å². The second kappa shape index (κ2) is 8.54. The Balaban J connectivity index is 1.73. The second-order valence-corrected chi connectivity index (χ2v) is 7.11. The van der Waals surface area contributed by atoms with Crippen molar-refractivity contribution >= 4 is 11.8 Å². The molecule has 0 unspecified atom stereocenters. The number of rotatable bonds is 6. The molecule has 0 aliphatic carbocycles. The van der Waals surface area contributed by atoms with Gasteiger partial charge in [0.15, 0.2) is 0 Å². The third-order valence-corrected chi connectivity index (χ3v) is 5.09. The minimum atomic E-state index is 0.168. The molecule has 1 fully saturated rings. The van der Waals surface area contributed by atoms with Gasteiger partial charge in [0, 0.05) is 50.6 Å². The molecule has 0 saturated carbocycles. The molecule has 0 spiro atoms. The van der Waals surface area contributed by atoms with Gasteiger partial charge in [-0.3, -0.25) is 4.90 Å². The summed E-state index contributed by atoms with van der Waals surface area (Å²) in [5.41, 5.74) is 9.08. The van der Waals surface area contributed by atoms with Gasteiger partial charge in [0.2, 0.25) is 5.95 Å². The van der Waals surface area contributed by atoms with Gasteiger partial charge in [0.1, 0.15) is 11.6 Å². The topological polar surface area (TPSA) is 87.7 Å². The number of aliphatic hydroxyl groups is 1. The van der Waals surface area contributed by atoms with Crippen LogP contribution in [0.1, 0.15) is 23.2 Å². The number of nitrogen functional groups attached to an aromatic ring is 1. The molecular formula is C20H29N5O2. The lowest BCUT2D eigenvalue weighted by Crippen LogP contribution is -2.53. The van der Waals surface area contributed by atoms with Gasteiger partial charge in [-0.1, -0.05) is 12.1 Å². The molecule has 1 aromatic carbocycles. The molecule has 7 nitrogen and oxygen atoms in total. The average molecular weight is 371 g/mol. The maximum absolute atomic E-state index is 9.55. The SMILES string of the molecule is COc1ccc(CN2CCN(c3cc(C)nc(N)n3)C[C@@H]2CCO)cc1C. The number of anilines is 2. The summed E-state index contributed by atoms with van der Waals surface area (Å²) in [6, 6.07) is 8.53. The number of benzene rings is 1. The molecule has 0 radical (unpaired) electrons. The fraction of sp³-hybridized carbons (Fsp3) is 0.500. The van der Waals surface area contributed by atoms with Crippen LogP contribution >= 0.6 is 0 Å². The smallest absolute Gasteiger partial charge is 0.222 e. The van der Waals surface area contributed by atoms with Gasteiger partial charge in [-0.25, -0.2) is 4.98 Å². The summed E-state index contributed by atoms with van der Waals surface area (Å²) in [4.78, 5) is 13.2. The van der Waals surface area contributed by atoms with Crippen molar-refractivity contribution in [3.8, 4) is 5.75 Å². The van der Waals surface area contributed by atoms with Crippen molar-refractivity contribution in [3.05, 3.63) is 41.1 Å². The van der Waals surface area contributed by atoms with Crippen LogP contribution in [0.5, 0.6) is 5.75 Å². The van der Waals surface area contributed by atoms with Gasteiger partial charge < -0.3 is 20.5 Å². The van der Waals surface area contributed by atoms with Gasteiger partial charge in [-0.15, -0.1) is 0 Å². The molecule has 2 heterocycles. The fourth-order valence-electron chi connectivity index (χ4n) is 3.74. The van der Waals surface area contributed by atoms with E-state index in [1.807, 2.05) is 19.1 Å². The number of ether oxygens (including phenoxy) is 1. The molecule has 3 N–H and O–H groups in total. The first kappa shape index (κ1) is 19.4. The lowest BCUT2D eigenvalue weighted by Gasteiger charge is -2.42. The number of piperazine rings is 1. The van der Waals surface area contributed by atoms with E-state index in [4.69, 9.17) is 10.5 Å². The predicted octanol–water partition coefficient (Wildman–Crippen LogP) is 1.76. The van der Waals surface area contributed by atoms with Crippen LogP contribution < -0.4 is 15.4 Å². The van der Waals surface area contributed by atoms with E-state index in [0.717, 1.165) is 55.4 Å². The molecule has 1 aliphatic rings. The summed E-state index contributed by atoms with van der Waals surface area (Å²) in [6.07, 6.45) is 0.727. The van der Waals surface area contributed by atoms with Crippen LogP contribution in [0.3, 0.4) is 0 Å². The molecule has 1 aliphatic heterocycles. The van der Waals surface area contributed by atoms with Crippen LogP contribution in [-0.2, 0) is 6.54 Å². The van der Waals surface area contributed by atoms with Crippen molar-refractivity contribution in [2.75, 3.05) is 44.0 Å². The first-order valence-electron chi connectivity index (χ1n) is 9.34. The van der Waals surface area contributed by atoms with Crippen LogP contribution in [0.15, 0.2) is 24.3 Å². The van der Waals surface area contributed by atoms with E-state index in [1.54, 1.807) is 7.11 Å². The van der Waals surface area contributed by atoms with Crippen LogP contribution in [0.2, 0.25) is 0 Å². The van der Waals surface area contributed by atoms with Gasteiger partial charge in [-0.05, 0) is 37.5 Å². The minimum absolute atomic E-state index is 0.168. The van der Waals surface area contributed by atoms with E-state index in [0.29, 0.717) is 5.95 Å². The maximum atomic E-state index is 9.55. The lowest BCUT2D eigenvalue weighted by molar-refractivity contribution is 0.135. The molecule has 3 rings (SSSR count).